The van der Waals surface area contributed by atoms with E-state index in [4.69, 9.17) is 11.6 Å². The third-order valence-corrected chi connectivity index (χ3v) is 5.61. The highest BCUT2D eigenvalue weighted by Gasteiger charge is 2.32. The first kappa shape index (κ1) is 19.5. The van der Waals surface area contributed by atoms with Crippen LogP contribution in [0.5, 0.6) is 0 Å². The van der Waals surface area contributed by atoms with Gasteiger partial charge in [0.1, 0.15) is 4.90 Å². The van der Waals surface area contributed by atoms with Crippen LogP contribution >= 0.6 is 11.6 Å². The molecule has 0 saturated carbocycles. The number of aromatic nitrogens is 4. The fourth-order valence-corrected chi connectivity index (χ4v) is 4.04. The van der Waals surface area contributed by atoms with Crippen molar-refractivity contribution in [3.05, 3.63) is 52.1 Å². The molecule has 0 aliphatic heterocycles. The van der Waals surface area contributed by atoms with Gasteiger partial charge in [-0.15, -0.1) is 10.2 Å². The summed E-state index contributed by atoms with van der Waals surface area (Å²) in [5, 5.41) is 7.43. The third-order valence-electron chi connectivity index (χ3n) is 3.73. The Labute approximate surface area is 157 Å². The molecule has 0 aliphatic rings. The first-order valence-corrected chi connectivity index (χ1v) is 9.40. The van der Waals surface area contributed by atoms with Crippen LogP contribution in [-0.4, -0.2) is 28.0 Å². The smallest absolute Gasteiger partial charge is 0.266 e. The van der Waals surface area contributed by atoms with Gasteiger partial charge in [0, 0.05) is 11.4 Å². The summed E-state index contributed by atoms with van der Waals surface area (Å²) >= 11 is 5.80. The first-order valence-electron chi connectivity index (χ1n) is 7.54. The van der Waals surface area contributed by atoms with Crippen LogP contribution in [0, 0.1) is 13.8 Å². The highest BCUT2D eigenvalue weighted by atomic mass is 35.5. The van der Waals surface area contributed by atoms with Gasteiger partial charge in [-0.05, 0) is 38.1 Å². The van der Waals surface area contributed by atoms with E-state index in [1.165, 1.54) is 0 Å². The Balaban J connectivity index is 1.93. The number of nitrogens with one attached hydrogen (secondary N) is 1. The monoisotopic (exact) mass is 419 g/mol. The lowest BCUT2D eigenvalue weighted by atomic mass is 10.2. The maximum Gasteiger partial charge on any atom is 0.416 e. The van der Waals surface area contributed by atoms with Crippen molar-refractivity contribution in [2.45, 2.75) is 31.5 Å². The lowest BCUT2D eigenvalue weighted by molar-refractivity contribution is -0.137. The van der Waals surface area contributed by atoms with Crippen LogP contribution in [0.25, 0.3) is 5.78 Å². The minimum Gasteiger partial charge on any atom is -0.266 e. The molecule has 7 nitrogen and oxygen atoms in total. The maximum atomic E-state index is 12.9. The summed E-state index contributed by atoms with van der Waals surface area (Å²) in [4.78, 5) is 3.51. The van der Waals surface area contributed by atoms with Gasteiger partial charge in [0.25, 0.3) is 5.78 Å². The molecule has 12 heteroatoms. The van der Waals surface area contributed by atoms with Crippen LogP contribution in [0.3, 0.4) is 0 Å². The number of hydrogen-bond donors (Lipinski definition) is 1. The van der Waals surface area contributed by atoms with Gasteiger partial charge in [0.2, 0.25) is 10.0 Å². The summed E-state index contributed by atoms with van der Waals surface area (Å²) in [5.41, 5.74) is 0.333. The number of aryl methyl sites for hydroxylation is 2. The maximum absolute atomic E-state index is 12.9. The molecule has 1 aromatic carbocycles. The van der Waals surface area contributed by atoms with E-state index in [1.54, 1.807) is 24.3 Å². The van der Waals surface area contributed by atoms with E-state index >= 15 is 0 Å². The second kappa shape index (κ2) is 6.73. The summed E-state index contributed by atoms with van der Waals surface area (Å²) in [6.07, 6.45) is -4.70. The molecular formula is C15H13ClF3N5O2S. The second-order valence-corrected chi connectivity index (χ2v) is 7.90. The molecule has 27 heavy (non-hydrogen) atoms. The van der Waals surface area contributed by atoms with E-state index in [0.29, 0.717) is 17.9 Å². The zero-order valence-electron chi connectivity index (χ0n) is 14.0. The van der Waals surface area contributed by atoms with Gasteiger partial charge in [-0.3, -0.25) is 4.40 Å². The Hall–Kier alpha value is -2.24. The largest absolute Gasteiger partial charge is 0.416 e. The van der Waals surface area contributed by atoms with Crippen molar-refractivity contribution in [1.82, 2.24) is 24.3 Å². The van der Waals surface area contributed by atoms with Crippen molar-refractivity contribution < 1.29 is 21.6 Å². The molecule has 3 rings (SSSR count). The van der Waals surface area contributed by atoms with E-state index in [1.807, 2.05) is 0 Å². The summed E-state index contributed by atoms with van der Waals surface area (Å²) < 4.78 is 67.3. The number of benzene rings is 1. The molecule has 1 N–H and O–H groups in total. The SMILES string of the molecule is Cc1cc(C)n2c(CNS(=O)(=O)c3cc(C(F)(F)F)ccc3Cl)nnc2n1. The molecule has 0 aliphatic carbocycles. The van der Waals surface area contributed by atoms with E-state index in [2.05, 4.69) is 19.9 Å². The molecule has 0 unspecified atom stereocenters. The Bertz CT molecular complexity index is 1130. The van der Waals surface area contributed by atoms with Crippen molar-refractivity contribution in [3.63, 3.8) is 0 Å². The second-order valence-electron chi connectivity index (χ2n) is 5.76. The Kier molecular flexibility index (Phi) is 4.87. The summed E-state index contributed by atoms with van der Waals surface area (Å²) in [5.74, 6) is 0.528. The fourth-order valence-electron chi connectivity index (χ4n) is 2.54. The fraction of sp³-hybridized carbons (Fsp3) is 0.267. The van der Waals surface area contributed by atoms with E-state index < -0.39 is 26.7 Å². The van der Waals surface area contributed by atoms with Crippen LogP contribution < -0.4 is 4.72 Å². The van der Waals surface area contributed by atoms with Crippen LogP contribution in [0.15, 0.2) is 29.2 Å². The summed E-state index contributed by atoms with van der Waals surface area (Å²) in [6.45, 7) is 3.24. The van der Waals surface area contributed by atoms with Crippen molar-refractivity contribution in [1.29, 1.82) is 0 Å². The van der Waals surface area contributed by atoms with Gasteiger partial charge in [-0.25, -0.2) is 18.1 Å². The quantitative estimate of drug-likeness (QED) is 0.702. The Morgan fingerprint density at radius 3 is 2.56 bits per heavy atom. The van der Waals surface area contributed by atoms with Gasteiger partial charge in [-0.1, -0.05) is 11.6 Å². The summed E-state index contributed by atoms with van der Waals surface area (Å²) in [6, 6.07) is 3.85. The Morgan fingerprint density at radius 2 is 1.89 bits per heavy atom. The van der Waals surface area contributed by atoms with Crippen LogP contribution in [0.1, 0.15) is 22.8 Å². The van der Waals surface area contributed by atoms with Gasteiger partial charge >= 0.3 is 6.18 Å². The summed E-state index contributed by atoms with van der Waals surface area (Å²) in [7, 11) is -4.32. The lowest BCUT2D eigenvalue weighted by Crippen LogP contribution is -2.25. The normalized spacial score (nSPS) is 12.7. The minimum atomic E-state index is -4.70. The van der Waals surface area contributed by atoms with Crippen LogP contribution in [0.4, 0.5) is 13.2 Å². The van der Waals surface area contributed by atoms with Gasteiger partial charge in [-0.2, -0.15) is 13.2 Å². The molecule has 0 saturated heterocycles. The molecule has 0 radical (unpaired) electrons. The number of sulfonamides is 1. The molecule has 0 atom stereocenters. The predicted molar refractivity (Wildman–Crippen MR) is 90.7 cm³/mol. The molecule has 0 bridgehead atoms. The van der Waals surface area contributed by atoms with Crippen molar-refractivity contribution in [2.75, 3.05) is 0 Å². The highest BCUT2D eigenvalue weighted by molar-refractivity contribution is 7.89. The average Bonchev–Trinajstić information content (AvgIpc) is 2.95. The van der Waals surface area contributed by atoms with Crippen molar-refractivity contribution in [2.24, 2.45) is 0 Å². The molecule has 0 amide bonds. The van der Waals surface area contributed by atoms with Crippen LogP contribution in [0.2, 0.25) is 5.02 Å². The van der Waals surface area contributed by atoms with Crippen molar-refractivity contribution >= 4 is 27.4 Å². The molecule has 3 aromatic rings. The number of alkyl halides is 3. The number of fused-ring (bicyclic) bond motifs is 1. The molecule has 2 heterocycles. The standard InChI is InChI=1S/C15H13ClF3N5O2S/c1-8-5-9(2)24-13(22-23-14(24)21-8)7-20-27(25,26)12-6-10(15(17,18)19)3-4-11(12)16/h3-6,20H,7H2,1-2H3. The Morgan fingerprint density at radius 1 is 1.19 bits per heavy atom. The van der Waals surface area contributed by atoms with E-state index in [9.17, 15) is 21.6 Å². The molecular weight excluding hydrogens is 407 g/mol. The topological polar surface area (TPSA) is 89.2 Å². The van der Waals surface area contributed by atoms with E-state index in [0.717, 1.165) is 17.5 Å². The lowest BCUT2D eigenvalue weighted by Gasteiger charge is -2.12. The number of nitrogens with zero attached hydrogens (tertiary/aromatic N) is 4. The zero-order valence-corrected chi connectivity index (χ0v) is 15.6. The number of rotatable bonds is 4. The predicted octanol–water partition coefficient (Wildman–Crippen LogP) is 2.89. The highest BCUT2D eigenvalue weighted by Crippen LogP contribution is 2.33. The third kappa shape index (κ3) is 3.89. The van der Waals surface area contributed by atoms with E-state index in [-0.39, 0.29) is 17.4 Å². The van der Waals surface area contributed by atoms with Gasteiger partial charge < -0.3 is 0 Å². The number of hydrogen-bond acceptors (Lipinski definition) is 5. The van der Waals surface area contributed by atoms with Gasteiger partial charge in [0.15, 0.2) is 5.82 Å². The van der Waals surface area contributed by atoms with Gasteiger partial charge in [0.05, 0.1) is 17.1 Å². The minimum absolute atomic E-state index is 0.238. The average molecular weight is 420 g/mol. The molecule has 0 fully saturated rings. The first-order chi connectivity index (χ1) is 12.5. The van der Waals surface area contributed by atoms with Crippen molar-refractivity contribution in [3.8, 4) is 0 Å². The molecule has 144 valence electrons. The zero-order chi connectivity index (χ0) is 20.0. The molecule has 0 spiro atoms. The molecule has 2 aromatic heterocycles. The number of halogens is 4. The van der Waals surface area contributed by atoms with Crippen LogP contribution in [-0.2, 0) is 22.7 Å².